The van der Waals surface area contributed by atoms with Gasteiger partial charge < -0.3 is 11.1 Å². The fourth-order valence-corrected chi connectivity index (χ4v) is 2.21. The molecule has 1 aliphatic carbocycles. The first kappa shape index (κ1) is 11.8. The van der Waals surface area contributed by atoms with Crippen LogP contribution in [0.1, 0.15) is 42.6 Å². The van der Waals surface area contributed by atoms with Crippen LogP contribution in [0.4, 0.5) is 5.82 Å². The predicted octanol–water partition coefficient (Wildman–Crippen LogP) is 1.37. The van der Waals surface area contributed by atoms with E-state index in [1.807, 2.05) is 0 Å². The molecule has 0 unspecified atom stereocenters. The third-order valence-electron chi connectivity index (χ3n) is 3.16. The van der Waals surface area contributed by atoms with Crippen LogP contribution in [0.3, 0.4) is 0 Å². The molecular formula is C12H18N4O. The van der Waals surface area contributed by atoms with Crippen molar-refractivity contribution >= 4 is 11.7 Å². The number of carbonyl (C=O) groups is 1. The minimum atomic E-state index is -0.185. The smallest absolute Gasteiger partial charge is 0.271 e. The van der Waals surface area contributed by atoms with E-state index in [1.54, 1.807) is 0 Å². The molecular weight excluding hydrogens is 216 g/mol. The number of nitrogens with zero attached hydrogens (tertiary/aromatic N) is 2. The second-order valence-electron chi connectivity index (χ2n) is 4.54. The molecule has 1 heterocycles. The van der Waals surface area contributed by atoms with Crippen molar-refractivity contribution in [3.8, 4) is 0 Å². The van der Waals surface area contributed by atoms with Crippen LogP contribution in [0.15, 0.2) is 12.4 Å². The second kappa shape index (κ2) is 5.61. The van der Waals surface area contributed by atoms with Crippen LogP contribution in [0.25, 0.3) is 0 Å². The summed E-state index contributed by atoms with van der Waals surface area (Å²) in [6.45, 7) is 0.731. The summed E-state index contributed by atoms with van der Waals surface area (Å²) in [4.78, 5) is 19.6. The Hall–Kier alpha value is -1.65. The van der Waals surface area contributed by atoms with Gasteiger partial charge in [-0.2, -0.15) is 0 Å². The molecule has 1 aromatic rings. The van der Waals surface area contributed by atoms with Crippen LogP contribution < -0.4 is 11.1 Å². The van der Waals surface area contributed by atoms with Gasteiger partial charge in [0.1, 0.15) is 11.5 Å². The number of anilines is 1. The molecule has 1 aromatic heterocycles. The summed E-state index contributed by atoms with van der Waals surface area (Å²) in [6, 6.07) is 0. The molecule has 0 aliphatic heterocycles. The lowest BCUT2D eigenvalue weighted by Crippen LogP contribution is -2.31. The number of nitrogen functional groups attached to an aromatic ring is 1. The van der Waals surface area contributed by atoms with E-state index in [0.29, 0.717) is 11.6 Å². The number of hydrogen-bond acceptors (Lipinski definition) is 4. The maximum absolute atomic E-state index is 11.8. The zero-order chi connectivity index (χ0) is 12.1. The van der Waals surface area contributed by atoms with Crippen LogP contribution in [-0.2, 0) is 0 Å². The molecule has 0 saturated heterocycles. The molecule has 0 radical (unpaired) electrons. The van der Waals surface area contributed by atoms with Crippen molar-refractivity contribution in [1.29, 1.82) is 0 Å². The van der Waals surface area contributed by atoms with Gasteiger partial charge in [-0.1, -0.05) is 19.3 Å². The molecule has 1 saturated carbocycles. The number of nitrogens with one attached hydrogen (secondary N) is 1. The number of hydrogen-bond donors (Lipinski definition) is 2. The molecule has 0 aromatic carbocycles. The lowest BCUT2D eigenvalue weighted by molar-refractivity contribution is 0.0938. The standard InChI is InChI=1S/C12H18N4O/c13-11-8-14-7-10(16-11)12(17)15-6-9-4-2-1-3-5-9/h7-9H,1-6H2,(H2,13,16)(H,15,17). The van der Waals surface area contributed by atoms with Gasteiger partial charge in [0.15, 0.2) is 0 Å². The first-order chi connectivity index (χ1) is 8.25. The van der Waals surface area contributed by atoms with E-state index in [4.69, 9.17) is 5.73 Å². The van der Waals surface area contributed by atoms with E-state index < -0.39 is 0 Å². The Balaban J connectivity index is 1.84. The highest BCUT2D eigenvalue weighted by atomic mass is 16.1. The average molecular weight is 234 g/mol. The summed E-state index contributed by atoms with van der Waals surface area (Å²) in [5.41, 5.74) is 5.77. The van der Waals surface area contributed by atoms with E-state index in [1.165, 1.54) is 44.5 Å². The van der Waals surface area contributed by atoms with Gasteiger partial charge in [-0.05, 0) is 18.8 Å². The van der Waals surface area contributed by atoms with Gasteiger partial charge in [-0.25, -0.2) is 4.98 Å². The fourth-order valence-electron chi connectivity index (χ4n) is 2.21. The van der Waals surface area contributed by atoms with Crippen LogP contribution in [0.2, 0.25) is 0 Å². The molecule has 1 aliphatic rings. The van der Waals surface area contributed by atoms with E-state index >= 15 is 0 Å². The molecule has 17 heavy (non-hydrogen) atoms. The van der Waals surface area contributed by atoms with Crippen molar-refractivity contribution in [3.05, 3.63) is 18.1 Å². The SMILES string of the molecule is Nc1cncc(C(=O)NCC2CCCCC2)n1. The number of nitrogens with two attached hydrogens (primary N) is 1. The van der Waals surface area contributed by atoms with Gasteiger partial charge in [0.2, 0.25) is 0 Å². The normalized spacial score (nSPS) is 16.7. The summed E-state index contributed by atoms with van der Waals surface area (Å²) in [5, 5.41) is 2.90. The molecule has 0 atom stereocenters. The zero-order valence-corrected chi connectivity index (χ0v) is 9.85. The lowest BCUT2D eigenvalue weighted by atomic mass is 9.89. The maximum Gasteiger partial charge on any atom is 0.271 e. The van der Waals surface area contributed by atoms with Gasteiger partial charge >= 0.3 is 0 Å². The number of rotatable bonds is 3. The highest BCUT2D eigenvalue weighted by Gasteiger charge is 2.15. The van der Waals surface area contributed by atoms with Crippen molar-refractivity contribution < 1.29 is 4.79 Å². The molecule has 3 N–H and O–H groups in total. The molecule has 0 bridgehead atoms. The van der Waals surface area contributed by atoms with Crippen molar-refractivity contribution in [2.75, 3.05) is 12.3 Å². The summed E-state index contributed by atoms with van der Waals surface area (Å²) in [5.74, 6) is 0.701. The molecule has 2 rings (SSSR count). The van der Waals surface area contributed by atoms with Gasteiger partial charge in [0.05, 0.1) is 12.4 Å². The van der Waals surface area contributed by atoms with Crippen LogP contribution in [0.5, 0.6) is 0 Å². The Labute approximate surface area is 101 Å². The van der Waals surface area contributed by atoms with E-state index in [2.05, 4.69) is 15.3 Å². The number of carbonyl (C=O) groups excluding carboxylic acids is 1. The van der Waals surface area contributed by atoms with E-state index in [9.17, 15) is 4.79 Å². The summed E-state index contributed by atoms with van der Waals surface area (Å²) >= 11 is 0. The number of amides is 1. The Kier molecular flexibility index (Phi) is 3.90. The molecule has 5 heteroatoms. The topological polar surface area (TPSA) is 80.9 Å². The monoisotopic (exact) mass is 234 g/mol. The van der Waals surface area contributed by atoms with Crippen LogP contribution >= 0.6 is 0 Å². The Bertz CT molecular complexity index is 388. The minimum Gasteiger partial charge on any atom is -0.382 e. The Morgan fingerprint density at radius 1 is 1.35 bits per heavy atom. The minimum absolute atomic E-state index is 0.185. The van der Waals surface area contributed by atoms with Crippen molar-refractivity contribution in [2.24, 2.45) is 5.92 Å². The second-order valence-corrected chi connectivity index (χ2v) is 4.54. The number of aromatic nitrogens is 2. The molecule has 0 spiro atoms. The average Bonchev–Trinajstić information content (AvgIpc) is 2.37. The third kappa shape index (κ3) is 3.41. The summed E-state index contributed by atoms with van der Waals surface area (Å²) in [7, 11) is 0. The quantitative estimate of drug-likeness (QED) is 0.827. The zero-order valence-electron chi connectivity index (χ0n) is 9.85. The highest BCUT2D eigenvalue weighted by Crippen LogP contribution is 2.22. The first-order valence-corrected chi connectivity index (χ1v) is 6.11. The van der Waals surface area contributed by atoms with E-state index in [-0.39, 0.29) is 11.7 Å². The third-order valence-corrected chi connectivity index (χ3v) is 3.16. The highest BCUT2D eigenvalue weighted by molar-refractivity contribution is 5.92. The molecule has 92 valence electrons. The molecule has 5 nitrogen and oxygen atoms in total. The van der Waals surface area contributed by atoms with Gasteiger partial charge in [0.25, 0.3) is 5.91 Å². The van der Waals surface area contributed by atoms with Gasteiger partial charge in [-0.15, -0.1) is 0 Å². The van der Waals surface area contributed by atoms with Gasteiger partial charge in [-0.3, -0.25) is 9.78 Å². The first-order valence-electron chi connectivity index (χ1n) is 6.11. The molecule has 1 amide bonds. The Morgan fingerprint density at radius 3 is 2.82 bits per heavy atom. The molecule has 1 fully saturated rings. The maximum atomic E-state index is 11.8. The lowest BCUT2D eigenvalue weighted by Gasteiger charge is -2.21. The van der Waals surface area contributed by atoms with Crippen LogP contribution in [0, 0.1) is 5.92 Å². The van der Waals surface area contributed by atoms with Crippen molar-refractivity contribution in [1.82, 2.24) is 15.3 Å². The fraction of sp³-hybridized carbons (Fsp3) is 0.583. The largest absolute Gasteiger partial charge is 0.382 e. The van der Waals surface area contributed by atoms with Crippen LogP contribution in [-0.4, -0.2) is 22.4 Å². The van der Waals surface area contributed by atoms with Gasteiger partial charge in [0, 0.05) is 6.54 Å². The summed E-state index contributed by atoms with van der Waals surface area (Å²) < 4.78 is 0. The van der Waals surface area contributed by atoms with E-state index in [0.717, 1.165) is 6.54 Å². The van der Waals surface area contributed by atoms with Crippen molar-refractivity contribution in [2.45, 2.75) is 32.1 Å². The summed E-state index contributed by atoms with van der Waals surface area (Å²) in [6.07, 6.45) is 9.17. The van der Waals surface area contributed by atoms with Crippen molar-refractivity contribution in [3.63, 3.8) is 0 Å². The Morgan fingerprint density at radius 2 is 2.12 bits per heavy atom. The predicted molar refractivity (Wildman–Crippen MR) is 65.4 cm³/mol.